The second-order valence-electron chi connectivity index (χ2n) is 4.24. The molecular weight excluding hydrogens is 248 g/mol. The van der Waals surface area contributed by atoms with Crippen molar-refractivity contribution < 1.29 is 19.1 Å². The van der Waals surface area contributed by atoms with Gasteiger partial charge in [0.2, 0.25) is 5.91 Å². The number of amides is 3. The first-order valence-electron chi connectivity index (χ1n) is 5.83. The van der Waals surface area contributed by atoms with Crippen LogP contribution in [-0.2, 0) is 20.9 Å². The van der Waals surface area contributed by atoms with Crippen molar-refractivity contribution in [2.24, 2.45) is 0 Å². The molecule has 0 N–H and O–H groups in total. The van der Waals surface area contributed by atoms with Gasteiger partial charge < -0.3 is 9.64 Å². The molecule has 1 fully saturated rings. The van der Waals surface area contributed by atoms with Crippen LogP contribution in [0.25, 0.3) is 0 Å². The van der Waals surface area contributed by atoms with Gasteiger partial charge in [0.25, 0.3) is 0 Å². The van der Waals surface area contributed by atoms with Crippen LogP contribution in [0.15, 0.2) is 30.3 Å². The lowest BCUT2D eigenvalue weighted by molar-refractivity contribution is -0.145. The van der Waals surface area contributed by atoms with Crippen molar-refractivity contribution in [3.05, 3.63) is 35.9 Å². The van der Waals surface area contributed by atoms with E-state index in [4.69, 9.17) is 4.74 Å². The molecule has 0 aliphatic carbocycles. The number of benzene rings is 1. The topological polar surface area (TPSA) is 66.9 Å². The lowest BCUT2D eigenvalue weighted by Crippen LogP contribution is -2.34. The molecule has 0 aromatic heterocycles. The van der Waals surface area contributed by atoms with E-state index in [1.165, 1.54) is 7.05 Å². The highest BCUT2D eigenvalue weighted by Gasteiger charge is 2.34. The molecule has 0 atom stereocenters. The largest absolute Gasteiger partial charge is 0.459 e. The van der Waals surface area contributed by atoms with Crippen molar-refractivity contribution in [2.45, 2.75) is 6.61 Å². The number of hydrogen-bond donors (Lipinski definition) is 0. The van der Waals surface area contributed by atoms with E-state index in [1.807, 2.05) is 30.3 Å². The highest BCUT2D eigenvalue weighted by molar-refractivity contribution is 6.02. The summed E-state index contributed by atoms with van der Waals surface area (Å²) in [4.78, 5) is 36.6. The van der Waals surface area contributed by atoms with E-state index >= 15 is 0 Å². The number of ether oxygens (including phenoxy) is 1. The summed E-state index contributed by atoms with van der Waals surface area (Å²) in [7, 11) is 1.39. The maximum Gasteiger partial charge on any atom is 0.327 e. The first-order valence-corrected chi connectivity index (χ1v) is 5.83. The molecule has 1 aromatic rings. The normalized spacial score (nSPS) is 15.0. The third-order valence-electron chi connectivity index (χ3n) is 2.82. The van der Waals surface area contributed by atoms with Gasteiger partial charge in [-0.15, -0.1) is 0 Å². The standard InChI is InChI=1S/C13H14N2O4/c1-14-11(16)7-15(13(14)18)8-12(17)19-9-10-5-3-2-4-6-10/h2-6H,7-9H2,1H3. The van der Waals surface area contributed by atoms with E-state index < -0.39 is 12.0 Å². The average Bonchev–Trinajstić information content (AvgIpc) is 2.65. The number of esters is 1. The summed E-state index contributed by atoms with van der Waals surface area (Å²) in [6, 6.07) is 8.77. The third kappa shape index (κ3) is 3.09. The lowest BCUT2D eigenvalue weighted by Gasteiger charge is -2.13. The van der Waals surface area contributed by atoms with Gasteiger partial charge in [-0.25, -0.2) is 4.79 Å². The Balaban J connectivity index is 1.82. The number of carbonyl (C=O) groups is 3. The maximum absolute atomic E-state index is 11.6. The van der Waals surface area contributed by atoms with Crippen LogP contribution in [-0.4, -0.2) is 47.8 Å². The number of carbonyl (C=O) groups excluding carboxylic acids is 3. The van der Waals surface area contributed by atoms with Gasteiger partial charge in [0.15, 0.2) is 0 Å². The van der Waals surface area contributed by atoms with Crippen LogP contribution < -0.4 is 0 Å². The highest BCUT2D eigenvalue weighted by Crippen LogP contribution is 2.08. The minimum absolute atomic E-state index is 0.0736. The van der Waals surface area contributed by atoms with Crippen molar-refractivity contribution in [1.29, 1.82) is 0 Å². The Hall–Kier alpha value is -2.37. The van der Waals surface area contributed by atoms with E-state index in [0.29, 0.717) is 0 Å². The van der Waals surface area contributed by atoms with Crippen LogP contribution in [0.5, 0.6) is 0 Å². The quantitative estimate of drug-likeness (QED) is 0.589. The van der Waals surface area contributed by atoms with E-state index in [1.54, 1.807) is 0 Å². The number of urea groups is 1. The molecule has 6 heteroatoms. The van der Waals surface area contributed by atoms with E-state index in [-0.39, 0.29) is 25.6 Å². The van der Waals surface area contributed by atoms with E-state index in [2.05, 4.69) is 0 Å². The number of rotatable bonds is 4. The van der Waals surface area contributed by atoms with Gasteiger partial charge in [-0.1, -0.05) is 30.3 Å². The molecule has 6 nitrogen and oxygen atoms in total. The van der Waals surface area contributed by atoms with Crippen molar-refractivity contribution in [3.63, 3.8) is 0 Å². The monoisotopic (exact) mass is 262 g/mol. The third-order valence-corrected chi connectivity index (χ3v) is 2.82. The van der Waals surface area contributed by atoms with Crippen LogP contribution in [0.1, 0.15) is 5.56 Å². The first kappa shape index (κ1) is 13.1. The van der Waals surface area contributed by atoms with Crippen molar-refractivity contribution in [1.82, 2.24) is 9.80 Å². The fourth-order valence-electron chi connectivity index (χ4n) is 1.72. The van der Waals surface area contributed by atoms with Gasteiger partial charge in [0.05, 0.1) is 0 Å². The predicted molar refractivity (Wildman–Crippen MR) is 66.0 cm³/mol. The minimum Gasteiger partial charge on any atom is -0.459 e. The fourth-order valence-corrected chi connectivity index (χ4v) is 1.72. The summed E-state index contributed by atoms with van der Waals surface area (Å²) < 4.78 is 5.05. The molecule has 0 unspecified atom stereocenters. The molecule has 2 rings (SSSR count). The molecule has 0 saturated carbocycles. The minimum atomic E-state index is -0.527. The number of hydrogen-bond acceptors (Lipinski definition) is 4. The predicted octanol–water partition coefficient (Wildman–Crippen LogP) is 0.624. The Bertz CT molecular complexity index is 501. The molecule has 100 valence electrons. The molecule has 1 heterocycles. The molecule has 1 aromatic carbocycles. The van der Waals surface area contributed by atoms with Gasteiger partial charge in [0, 0.05) is 7.05 Å². The van der Waals surface area contributed by atoms with Gasteiger partial charge in [-0.05, 0) is 5.56 Å². The van der Waals surface area contributed by atoms with Crippen LogP contribution in [0.4, 0.5) is 4.79 Å². The second-order valence-corrected chi connectivity index (χ2v) is 4.24. The van der Waals surface area contributed by atoms with Crippen molar-refractivity contribution in [2.75, 3.05) is 20.1 Å². The van der Waals surface area contributed by atoms with Crippen molar-refractivity contribution in [3.8, 4) is 0 Å². The maximum atomic E-state index is 11.6. The molecule has 1 aliphatic rings. The van der Waals surface area contributed by atoms with Gasteiger partial charge in [0.1, 0.15) is 19.7 Å². The fraction of sp³-hybridized carbons (Fsp3) is 0.308. The Morgan fingerprint density at radius 3 is 2.53 bits per heavy atom. The molecule has 0 radical (unpaired) electrons. The van der Waals surface area contributed by atoms with Crippen LogP contribution in [0, 0.1) is 0 Å². The Morgan fingerprint density at radius 2 is 1.95 bits per heavy atom. The molecular formula is C13H14N2O4. The SMILES string of the molecule is CN1C(=O)CN(CC(=O)OCc2ccccc2)C1=O. The lowest BCUT2D eigenvalue weighted by atomic mass is 10.2. The Kier molecular flexibility index (Phi) is 3.79. The van der Waals surface area contributed by atoms with E-state index in [9.17, 15) is 14.4 Å². The zero-order valence-electron chi connectivity index (χ0n) is 10.5. The second kappa shape index (κ2) is 5.51. The van der Waals surface area contributed by atoms with Gasteiger partial charge >= 0.3 is 12.0 Å². The molecule has 3 amide bonds. The van der Waals surface area contributed by atoms with E-state index in [0.717, 1.165) is 15.4 Å². The molecule has 0 bridgehead atoms. The number of imide groups is 1. The Morgan fingerprint density at radius 1 is 1.26 bits per heavy atom. The van der Waals surface area contributed by atoms with Gasteiger partial charge in [-0.3, -0.25) is 14.5 Å². The zero-order chi connectivity index (χ0) is 13.8. The van der Waals surface area contributed by atoms with Crippen LogP contribution in [0.2, 0.25) is 0 Å². The molecule has 1 aliphatic heterocycles. The highest BCUT2D eigenvalue weighted by atomic mass is 16.5. The summed E-state index contributed by atoms with van der Waals surface area (Å²) in [5, 5.41) is 0. The summed E-state index contributed by atoms with van der Waals surface area (Å²) >= 11 is 0. The molecule has 19 heavy (non-hydrogen) atoms. The molecule has 1 saturated heterocycles. The summed E-state index contributed by atoms with van der Waals surface area (Å²) in [5.74, 6) is -0.846. The van der Waals surface area contributed by atoms with Crippen molar-refractivity contribution >= 4 is 17.9 Å². The van der Waals surface area contributed by atoms with Crippen LogP contribution in [0.3, 0.4) is 0 Å². The number of likely N-dealkylation sites (N-methyl/N-ethyl adjacent to an activating group) is 1. The first-order chi connectivity index (χ1) is 9.08. The smallest absolute Gasteiger partial charge is 0.327 e. The number of nitrogens with zero attached hydrogens (tertiary/aromatic N) is 2. The average molecular weight is 262 g/mol. The summed E-state index contributed by atoms with van der Waals surface area (Å²) in [5.41, 5.74) is 0.872. The zero-order valence-corrected chi connectivity index (χ0v) is 10.5. The Labute approximate surface area is 110 Å². The summed E-state index contributed by atoms with van der Waals surface area (Å²) in [6.45, 7) is -0.122. The van der Waals surface area contributed by atoms with Crippen LogP contribution >= 0.6 is 0 Å². The van der Waals surface area contributed by atoms with Gasteiger partial charge in [-0.2, -0.15) is 0 Å². The summed E-state index contributed by atoms with van der Waals surface area (Å²) in [6.07, 6.45) is 0. The molecule has 0 spiro atoms.